The second-order valence-corrected chi connectivity index (χ2v) is 4.65. The highest BCUT2D eigenvalue weighted by Crippen LogP contribution is 2.23. The monoisotopic (exact) mass is 249 g/mol. The van der Waals surface area contributed by atoms with Gasteiger partial charge in [-0.1, -0.05) is 19.3 Å². The van der Waals surface area contributed by atoms with Gasteiger partial charge >= 0.3 is 0 Å². The van der Waals surface area contributed by atoms with Crippen molar-refractivity contribution in [1.29, 1.82) is 0 Å². The molecule has 1 N–H and O–H groups in total. The van der Waals surface area contributed by atoms with Crippen LogP contribution in [0.15, 0.2) is 18.5 Å². The summed E-state index contributed by atoms with van der Waals surface area (Å²) in [5.41, 5.74) is 0.545. The first-order valence-corrected chi connectivity index (χ1v) is 6.51. The van der Waals surface area contributed by atoms with E-state index in [1.807, 2.05) is 0 Å². The van der Waals surface area contributed by atoms with Gasteiger partial charge in [0.1, 0.15) is 0 Å². The number of nitrogens with zero attached hydrogens (tertiary/aromatic N) is 3. The molecule has 0 saturated heterocycles. The Bertz CT molecular complexity index is 377. The van der Waals surface area contributed by atoms with E-state index in [0.29, 0.717) is 12.1 Å². The fourth-order valence-corrected chi connectivity index (χ4v) is 2.53. The molecule has 5 heteroatoms. The van der Waals surface area contributed by atoms with Crippen molar-refractivity contribution in [2.75, 3.05) is 13.2 Å². The molecule has 1 saturated carbocycles. The zero-order valence-electron chi connectivity index (χ0n) is 10.5. The van der Waals surface area contributed by atoms with Gasteiger partial charge in [-0.15, -0.1) is 0 Å². The maximum Gasteiger partial charge on any atom is 0.255 e. The van der Waals surface area contributed by atoms with Crippen molar-refractivity contribution in [1.82, 2.24) is 15.1 Å². The number of carbonyl (C=O) groups excluding carboxylic acids is 1. The fourth-order valence-electron chi connectivity index (χ4n) is 2.53. The van der Waals surface area contributed by atoms with Gasteiger partial charge in [0.2, 0.25) is 0 Å². The van der Waals surface area contributed by atoms with E-state index >= 15 is 0 Å². The summed E-state index contributed by atoms with van der Waals surface area (Å²) < 4.78 is 0. The Morgan fingerprint density at radius 1 is 1.33 bits per heavy atom. The molecule has 0 atom stereocenters. The number of aromatic nitrogens is 2. The SMILES string of the molecule is O=C(c1ccnnc1)N(CCO)C1CCCCC1. The van der Waals surface area contributed by atoms with Crippen molar-refractivity contribution in [2.45, 2.75) is 38.1 Å². The van der Waals surface area contributed by atoms with E-state index in [1.165, 1.54) is 18.8 Å². The van der Waals surface area contributed by atoms with E-state index in [4.69, 9.17) is 5.11 Å². The van der Waals surface area contributed by atoms with Gasteiger partial charge in [0.05, 0.1) is 24.6 Å². The van der Waals surface area contributed by atoms with E-state index in [2.05, 4.69) is 10.2 Å². The predicted octanol–water partition coefficient (Wildman–Crippen LogP) is 1.24. The molecule has 5 nitrogen and oxygen atoms in total. The lowest BCUT2D eigenvalue weighted by Crippen LogP contribution is -2.43. The molecule has 1 heterocycles. The van der Waals surface area contributed by atoms with Gasteiger partial charge < -0.3 is 10.0 Å². The predicted molar refractivity (Wildman–Crippen MR) is 67.0 cm³/mol. The van der Waals surface area contributed by atoms with Crippen LogP contribution < -0.4 is 0 Å². The molecule has 1 fully saturated rings. The lowest BCUT2D eigenvalue weighted by atomic mass is 9.94. The first kappa shape index (κ1) is 13.0. The van der Waals surface area contributed by atoms with Gasteiger partial charge in [0, 0.05) is 12.6 Å². The van der Waals surface area contributed by atoms with Crippen molar-refractivity contribution in [3.05, 3.63) is 24.0 Å². The Morgan fingerprint density at radius 3 is 2.72 bits per heavy atom. The lowest BCUT2D eigenvalue weighted by molar-refractivity contribution is 0.0585. The second-order valence-electron chi connectivity index (χ2n) is 4.65. The minimum Gasteiger partial charge on any atom is -0.395 e. The molecular weight excluding hydrogens is 230 g/mol. The summed E-state index contributed by atoms with van der Waals surface area (Å²) in [5, 5.41) is 16.6. The molecule has 0 aromatic carbocycles. The maximum absolute atomic E-state index is 12.4. The summed E-state index contributed by atoms with van der Waals surface area (Å²) in [5.74, 6) is -0.0501. The number of hydrogen-bond donors (Lipinski definition) is 1. The molecule has 1 aliphatic carbocycles. The Labute approximate surface area is 107 Å². The third-order valence-corrected chi connectivity index (χ3v) is 3.45. The number of aliphatic hydroxyl groups is 1. The summed E-state index contributed by atoms with van der Waals surface area (Å²) >= 11 is 0. The highest BCUT2D eigenvalue weighted by atomic mass is 16.3. The summed E-state index contributed by atoms with van der Waals surface area (Å²) in [7, 11) is 0. The molecule has 0 unspecified atom stereocenters. The van der Waals surface area contributed by atoms with Gasteiger partial charge in [-0.2, -0.15) is 10.2 Å². The first-order valence-electron chi connectivity index (χ1n) is 6.51. The minimum atomic E-state index is -0.0501. The van der Waals surface area contributed by atoms with Crippen LogP contribution in [-0.2, 0) is 0 Å². The average Bonchev–Trinajstić information content (AvgIpc) is 2.46. The van der Waals surface area contributed by atoms with E-state index in [1.54, 1.807) is 11.0 Å². The van der Waals surface area contributed by atoms with Crippen LogP contribution in [0.1, 0.15) is 42.5 Å². The van der Waals surface area contributed by atoms with Crippen LogP contribution in [0, 0.1) is 0 Å². The molecule has 0 aliphatic heterocycles. The van der Waals surface area contributed by atoms with Crippen LogP contribution in [0.3, 0.4) is 0 Å². The highest BCUT2D eigenvalue weighted by molar-refractivity contribution is 5.94. The van der Waals surface area contributed by atoms with Crippen LogP contribution >= 0.6 is 0 Å². The van der Waals surface area contributed by atoms with E-state index in [-0.39, 0.29) is 18.6 Å². The summed E-state index contributed by atoms with van der Waals surface area (Å²) in [4.78, 5) is 14.2. The maximum atomic E-state index is 12.4. The van der Waals surface area contributed by atoms with Gasteiger partial charge in [-0.3, -0.25) is 4.79 Å². The summed E-state index contributed by atoms with van der Waals surface area (Å²) in [6, 6.07) is 1.93. The molecule has 1 aromatic rings. The van der Waals surface area contributed by atoms with E-state index < -0.39 is 0 Å². The zero-order valence-corrected chi connectivity index (χ0v) is 10.5. The Kier molecular flexibility index (Phi) is 4.64. The van der Waals surface area contributed by atoms with E-state index in [0.717, 1.165) is 25.7 Å². The van der Waals surface area contributed by atoms with Crippen LogP contribution in [0.4, 0.5) is 0 Å². The molecule has 98 valence electrons. The number of rotatable bonds is 4. The normalized spacial score (nSPS) is 16.5. The molecule has 0 radical (unpaired) electrons. The van der Waals surface area contributed by atoms with Crippen LogP contribution in [-0.4, -0.2) is 45.3 Å². The summed E-state index contributed by atoms with van der Waals surface area (Å²) in [6.45, 7) is 0.395. The number of amides is 1. The van der Waals surface area contributed by atoms with Crippen molar-refractivity contribution in [3.63, 3.8) is 0 Å². The van der Waals surface area contributed by atoms with Gasteiger partial charge in [-0.05, 0) is 18.9 Å². The second kappa shape index (κ2) is 6.44. The summed E-state index contributed by atoms with van der Waals surface area (Å²) in [6.07, 6.45) is 8.63. The third kappa shape index (κ3) is 3.04. The highest BCUT2D eigenvalue weighted by Gasteiger charge is 2.25. The Balaban J connectivity index is 2.11. The average molecular weight is 249 g/mol. The quantitative estimate of drug-likeness (QED) is 0.872. The zero-order chi connectivity index (χ0) is 12.8. The van der Waals surface area contributed by atoms with E-state index in [9.17, 15) is 4.79 Å². The van der Waals surface area contributed by atoms with Crippen molar-refractivity contribution in [3.8, 4) is 0 Å². The van der Waals surface area contributed by atoms with Crippen molar-refractivity contribution in [2.24, 2.45) is 0 Å². The van der Waals surface area contributed by atoms with Gasteiger partial charge in [0.15, 0.2) is 0 Å². The number of hydrogen-bond acceptors (Lipinski definition) is 4. The molecule has 0 spiro atoms. The first-order chi connectivity index (χ1) is 8.83. The molecule has 2 rings (SSSR count). The molecule has 1 amide bonds. The van der Waals surface area contributed by atoms with Gasteiger partial charge in [0.25, 0.3) is 5.91 Å². The Morgan fingerprint density at radius 2 is 2.11 bits per heavy atom. The lowest BCUT2D eigenvalue weighted by Gasteiger charge is -2.34. The van der Waals surface area contributed by atoms with Crippen LogP contribution in [0.2, 0.25) is 0 Å². The fraction of sp³-hybridized carbons (Fsp3) is 0.615. The Hall–Kier alpha value is -1.49. The number of aliphatic hydroxyl groups excluding tert-OH is 1. The smallest absolute Gasteiger partial charge is 0.255 e. The van der Waals surface area contributed by atoms with Gasteiger partial charge in [-0.25, -0.2) is 0 Å². The minimum absolute atomic E-state index is 0.000746. The standard InChI is InChI=1S/C13H19N3O2/c17-9-8-16(12-4-2-1-3-5-12)13(18)11-6-7-14-15-10-11/h6-7,10,12,17H,1-5,8-9H2. The van der Waals surface area contributed by atoms with Crippen molar-refractivity contribution >= 4 is 5.91 Å². The molecule has 1 aliphatic rings. The molecular formula is C13H19N3O2. The largest absolute Gasteiger partial charge is 0.395 e. The molecule has 18 heavy (non-hydrogen) atoms. The topological polar surface area (TPSA) is 66.3 Å². The van der Waals surface area contributed by atoms with Crippen molar-refractivity contribution < 1.29 is 9.90 Å². The molecule has 0 bridgehead atoms. The van der Waals surface area contributed by atoms with Crippen LogP contribution in [0.25, 0.3) is 0 Å². The number of carbonyl (C=O) groups is 1. The third-order valence-electron chi connectivity index (χ3n) is 3.45. The molecule has 1 aromatic heterocycles. The van der Waals surface area contributed by atoms with Crippen LogP contribution in [0.5, 0.6) is 0 Å².